The van der Waals surface area contributed by atoms with Crippen LogP contribution in [-0.4, -0.2) is 0 Å². The van der Waals surface area contributed by atoms with Crippen molar-refractivity contribution >= 4 is 12.2 Å². The van der Waals surface area contributed by atoms with Crippen LogP contribution in [0, 0.1) is 23.3 Å². The van der Waals surface area contributed by atoms with Crippen molar-refractivity contribution in [3.05, 3.63) is 95.1 Å². The van der Waals surface area contributed by atoms with Gasteiger partial charge in [0.1, 0.15) is 23.3 Å². The molecular formula is C18H12F4. The van der Waals surface area contributed by atoms with E-state index in [1.807, 2.05) is 0 Å². The Morgan fingerprint density at radius 1 is 0.545 bits per heavy atom. The van der Waals surface area contributed by atoms with Gasteiger partial charge in [-0.2, -0.15) is 0 Å². The van der Waals surface area contributed by atoms with Gasteiger partial charge in [-0.3, -0.25) is 0 Å². The summed E-state index contributed by atoms with van der Waals surface area (Å²) >= 11 is 0. The third-order valence-electron chi connectivity index (χ3n) is 2.81. The van der Waals surface area contributed by atoms with Gasteiger partial charge < -0.3 is 0 Å². The van der Waals surface area contributed by atoms with Gasteiger partial charge in [0.25, 0.3) is 0 Å². The Kier molecular flexibility index (Phi) is 5.31. The second kappa shape index (κ2) is 7.41. The lowest BCUT2D eigenvalue weighted by Gasteiger charge is -1.95. The molecular weight excluding hydrogens is 292 g/mol. The van der Waals surface area contributed by atoms with Crippen LogP contribution < -0.4 is 0 Å². The minimum Gasteiger partial charge on any atom is -0.207 e. The fourth-order valence-corrected chi connectivity index (χ4v) is 1.72. The molecule has 0 N–H and O–H groups in total. The van der Waals surface area contributed by atoms with Gasteiger partial charge in [-0.1, -0.05) is 36.5 Å². The maximum atomic E-state index is 13.3. The Bertz CT molecular complexity index is 679. The van der Waals surface area contributed by atoms with Crippen molar-refractivity contribution in [1.29, 1.82) is 0 Å². The van der Waals surface area contributed by atoms with Crippen LogP contribution in [-0.2, 0) is 0 Å². The van der Waals surface area contributed by atoms with E-state index < -0.39 is 23.3 Å². The molecule has 0 bridgehead atoms. The molecule has 0 nitrogen and oxygen atoms in total. The quantitative estimate of drug-likeness (QED) is 0.515. The molecule has 0 heterocycles. The summed E-state index contributed by atoms with van der Waals surface area (Å²) < 4.78 is 52.1. The molecule has 4 heteroatoms. The summed E-state index contributed by atoms with van der Waals surface area (Å²) in [5.41, 5.74) is 0.527. The zero-order chi connectivity index (χ0) is 15.9. The number of hydrogen-bond acceptors (Lipinski definition) is 0. The van der Waals surface area contributed by atoms with Crippen molar-refractivity contribution in [2.45, 2.75) is 0 Å². The molecule has 0 radical (unpaired) electrons. The molecule has 0 aliphatic carbocycles. The van der Waals surface area contributed by atoms with Crippen LogP contribution in [0.4, 0.5) is 17.6 Å². The highest BCUT2D eigenvalue weighted by Gasteiger charge is 1.99. The van der Waals surface area contributed by atoms with Crippen molar-refractivity contribution in [2.24, 2.45) is 0 Å². The van der Waals surface area contributed by atoms with Crippen molar-refractivity contribution in [3.8, 4) is 0 Å². The summed E-state index contributed by atoms with van der Waals surface area (Å²) in [6, 6.07) is 6.62. The third kappa shape index (κ3) is 4.45. The highest BCUT2D eigenvalue weighted by atomic mass is 19.1. The smallest absolute Gasteiger partial charge is 0.133 e. The molecule has 0 aromatic heterocycles. The van der Waals surface area contributed by atoms with E-state index in [1.165, 1.54) is 36.4 Å². The van der Waals surface area contributed by atoms with Crippen LogP contribution in [0.15, 0.2) is 60.7 Å². The van der Waals surface area contributed by atoms with Crippen molar-refractivity contribution in [1.82, 2.24) is 0 Å². The topological polar surface area (TPSA) is 0 Å². The van der Waals surface area contributed by atoms with E-state index in [1.54, 1.807) is 24.3 Å². The Morgan fingerprint density at radius 3 is 1.32 bits per heavy atom. The Morgan fingerprint density at radius 2 is 0.955 bits per heavy atom. The minimum atomic E-state index is -0.645. The summed E-state index contributed by atoms with van der Waals surface area (Å²) in [7, 11) is 0. The van der Waals surface area contributed by atoms with Crippen LogP contribution >= 0.6 is 0 Å². The van der Waals surface area contributed by atoms with Crippen LogP contribution in [0.2, 0.25) is 0 Å². The van der Waals surface area contributed by atoms with Crippen LogP contribution in [0.1, 0.15) is 11.1 Å². The first-order chi connectivity index (χ1) is 10.6. The number of benzene rings is 2. The molecule has 112 valence electrons. The second-order valence-corrected chi connectivity index (χ2v) is 4.43. The first kappa shape index (κ1) is 15.8. The van der Waals surface area contributed by atoms with Crippen LogP contribution in [0.5, 0.6) is 0 Å². The summed E-state index contributed by atoms with van der Waals surface area (Å²) in [5, 5.41) is 0. The lowest BCUT2D eigenvalue weighted by Crippen LogP contribution is -1.83. The van der Waals surface area contributed by atoms with Gasteiger partial charge in [-0.25, -0.2) is 17.6 Å². The van der Waals surface area contributed by atoms with Crippen LogP contribution in [0.3, 0.4) is 0 Å². The predicted molar refractivity (Wildman–Crippen MR) is 79.9 cm³/mol. The van der Waals surface area contributed by atoms with E-state index in [0.717, 1.165) is 12.1 Å². The molecule has 2 rings (SSSR count). The molecule has 0 aliphatic heterocycles. The van der Waals surface area contributed by atoms with E-state index in [2.05, 4.69) is 0 Å². The zero-order valence-electron chi connectivity index (χ0n) is 11.4. The fourth-order valence-electron chi connectivity index (χ4n) is 1.72. The molecule has 0 amide bonds. The van der Waals surface area contributed by atoms with Crippen LogP contribution in [0.25, 0.3) is 12.2 Å². The highest BCUT2D eigenvalue weighted by molar-refractivity contribution is 5.54. The zero-order valence-corrected chi connectivity index (χ0v) is 11.4. The average molecular weight is 304 g/mol. The molecule has 2 aromatic carbocycles. The first-order valence-corrected chi connectivity index (χ1v) is 6.48. The van der Waals surface area contributed by atoms with Gasteiger partial charge in [0.2, 0.25) is 0 Å². The van der Waals surface area contributed by atoms with Gasteiger partial charge in [0, 0.05) is 23.3 Å². The summed E-state index contributed by atoms with van der Waals surface area (Å²) in [5.74, 6) is -2.55. The Balaban J connectivity index is 1.97. The standard InChI is InChI=1S/C18H12F4/c19-15-9-7-13(17(21)11-15)5-3-1-2-4-6-14-8-10-16(20)12-18(14)22/h1-12H. The maximum absolute atomic E-state index is 13.3. The van der Waals surface area contributed by atoms with Gasteiger partial charge >= 0.3 is 0 Å². The van der Waals surface area contributed by atoms with Gasteiger partial charge in [0.05, 0.1) is 0 Å². The fraction of sp³-hybridized carbons (Fsp3) is 0. The molecule has 0 aliphatic rings. The van der Waals surface area contributed by atoms with Crippen molar-refractivity contribution in [3.63, 3.8) is 0 Å². The third-order valence-corrected chi connectivity index (χ3v) is 2.81. The van der Waals surface area contributed by atoms with E-state index in [-0.39, 0.29) is 11.1 Å². The second-order valence-electron chi connectivity index (χ2n) is 4.43. The van der Waals surface area contributed by atoms with E-state index in [0.29, 0.717) is 0 Å². The molecule has 2 aromatic rings. The van der Waals surface area contributed by atoms with E-state index in [9.17, 15) is 17.6 Å². The number of hydrogen-bond donors (Lipinski definition) is 0. The summed E-state index contributed by atoms with van der Waals surface area (Å²) in [4.78, 5) is 0. The number of allylic oxidation sites excluding steroid dienone is 4. The number of halogens is 4. The Labute approximate surface area is 125 Å². The molecule has 0 saturated carbocycles. The molecule has 0 spiro atoms. The molecule has 0 saturated heterocycles. The average Bonchev–Trinajstić information content (AvgIpc) is 2.46. The summed E-state index contributed by atoms with van der Waals surface area (Å²) in [6.07, 6.45) is 9.33. The monoisotopic (exact) mass is 304 g/mol. The highest BCUT2D eigenvalue weighted by Crippen LogP contribution is 2.12. The lowest BCUT2D eigenvalue weighted by atomic mass is 10.2. The van der Waals surface area contributed by atoms with Crippen molar-refractivity contribution in [2.75, 3.05) is 0 Å². The molecule has 0 fully saturated rings. The molecule has 22 heavy (non-hydrogen) atoms. The van der Waals surface area contributed by atoms with Gasteiger partial charge in [-0.15, -0.1) is 0 Å². The van der Waals surface area contributed by atoms with E-state index in [4.69, 9.17) is 0 Å². The van der Waals surface area contributed by atoms with Crippen molar-refractivity contribution < 1.29 is 17.6 Å². The van der Waals surface area contributed by atoms with Gasteiger partial charge in [0.15, 0.2) is 0 Å². The Hall–Kier alpha value is -2.62. The van der Waals surface area contributed by atoms with E-state index >= 15 is 0 Å². The van der Waals surface area contributed by atoms with Gasteiger partial charge in [-0.05, 0) is 24.3 Å². The summed E-state index contributed by atoms with van der Waals surface area (Å²) in [6.45, 7) is 0. The lowest BCUT2D eigenvalue weighted by molar-refractivity contribution is 0.581. The molecule has 0 unspecified atom stereocenters. The normalized spacial score (nSPS) is 12.0. The first-order valence-electron chi connectivity index (χ1n) is 6.48. The molecule has 0 atom stereocenters. The minimum absolute atomic E-state index is 0.264. The predicted octanol–water partition coefficient (Wildman–Crippen LogP) is 5.53. The number of rotatable bonds is 4. The largest absolute Gasteiger partial charge is 0.207 e. The maximum Gasteiger partial charge on any atom is 0.133 e. The SMILES string of the molecule is Fc1ccc(C=CC=CC=Cc2ccc(F)cc2F)c(F)c1.